The van der Waals surface area contributed by atoms with Gasteiger partial charge >= 0.3 is 0 Å². The highest BCUT2D eigenvalue weighted by Crippen LogP contribution is 2.23. The van der Waals surface area contributed by atoms with E-state index < -0.39 is 11.2 Å². The van der Waals surface area contributed by atoms with E-state index in [0.717, 1.165) is 5.39 Å². The van der Waals surface area contributed by atoms with Crippen LogP contribution in [0.25, 0.3) is 22.1 Å². The third kappa shape index (κ3) is 3.28. The van der Waals surface area contributed by atoms with Crippen molar-refractivity contribution in [2.45, 2.75) is 38.8 Å². The molecule has 1 amide bonds. The van der Waals surface area contributed by atoms with E-state index in [-0.39, 0.29) is 24.6 Å². The van der Waals surface area contributed by atoms with Gasteiger partial charge in [-0.1, -0.05) is 26.0 Å². The van der Waals surface area contributed by atoms with Crippen molar-refractivity contribution in [3.05, 3.63) is 40.9 Å². The number of benzene rings is 1. The molecule has 0 aliphatic rings. The molecule has 0 radical (unpaired) electrons. The number of carbonyl (C=O) groups excluding carboxylic acids is 1. The first-order chi connectivity index (χ1) is 12.0. The molecule has 0 bridgehead atoms. The second kappa shape index (κ2) is 6.68. The molecule has 7 nitrogen and oxygen atoms in total. The third-order valence-corrected chi connectivity index (χ3v) is 4.60. The molecular weight excluding hydrogens is 322 g/mol. The third-order valence-electron chi connectivity index (χ3n) is 4.60. The summed E-state index contributed by atoms with van der Waals surface area (Å²) in [6.07, 6.45) is 2.42. The number of aliphatic hydroxyl groups is 1. The zero-order valence-corrected chi connectivity index (χ0v) is 14.3. The number of hydrogen-bond acceptors (Lipinski definition) is 5. The SMILES string of the molecule is CCC(O)(CC)CNC(=O)Cn1cnc2c(oc3ccccc32)c1=O. The normalized spacial score (nSPS) is 12.0. The van der Waals surface area contributed by atoms with E-state index in [0.29, 0.717) is 23.9 Å². The van der Waals surface area contributed by atoms with Crippen LogP contribution in [0, 0.1) is 0 Å². The monoisotopic (exact) mass is 343 g/mol. The zero-order valence-electron chi connectivity index (χ0n) is 14.3. The van der Waals surface area contributed by atoms with Crippen molar-refractivity contribution in [2.24, 2.45) is 0 Å². The summed E-state index contributed by atoms with van der Waals surface area (Å²) in [6, 6.07) is 7.27. The van der Waals surface area contributed by atoms with Gasteiger partial charge in [0.1, 0.15) is 17.6 Å². The highest BCUT2D eigenvalue weighted by Gasteiger charge is 2.23. The van der Waals surface area contributed by atoms with Crippen molar-refractivity contribution in [1.82, 2.24) is 14.9 Å². The molecule has 0 fully saturated rings. The Morgan fingerprint density at radius 3 is 2.76 bits per heavy atom. The molecule has 0 atom stereocenters. The predicted octanol–water partition coefficient (Wildman–Crippen LogP) is 1.81. The first kappa shape index (κ1) is 17.2. The Labute approximate surface area is 144 Å². The van der Waals surface area contributed by atoms with Crippen LogP contribution in [-0.4, -0.2) is 32.7 Å². The Balaban J connectivity index is 1.82. The van der Waals surface area contributed by atoms with Crippen LogP contribution < -0.4 is 10.9 Å². The zero-order chi connectivity index (χ0) is 18.0. The number of carbonyl (C=O) groups is 1. The summed E-state index contributed by atoms with van der Waals surface area (Å²) in [5.74, 6) is -0.361. The van der Waals surface area contributed by atoms with Gasteiger partial charge in [-0.3, -0.25) is 14.2 Å². The van der Waals surface area contributed by atoms with E-state index in [1.165, 1.54) is 10.9 Å². The molecule has 0 spiro atoms. The van der Waals surface area contributed by atoms with Crippen molar-refractivity contribution in [3.8, 4) is 0 Å². The highest BCUT2D eigenvalue weighted by atomic mass is 16.3. The number of amides is 1. The number of nitrogens with one attached hydrogen (secondary N) is 1. The Morgan fingerprint density at radius 2 is 2.04 bits per heavy atom. The lowest BCUT2D eigenvalue weighted by Crippen LogP contribution is -2.43. The Hall–Kier alpha value is -2.67. The molecule has 2 aromatic heterocycles. The van der Waals surface area contributed by atoms with E-state index >= 15 is 0 Å². The van der Waals surface area contributed by atoms with Gasteiger partial charge in [0.2, 0.25) is 11.5 Å². The van der Waals surface area contributed by atoms with Crippen molar-refractivity contribution in [1.29, 1.82) is 0 Å². The fraction of sp³-hybridized carbons (Fsp3) is 0.389. The number of nitrogens with zero attached hydrogens (tertiary/aromatic N) is 2. The number of rotatable bonds is 6. The summed E-state index contributed by atoms with van der Waals surface area (Å²) in [6.45, 7) is 3.69. The molecule has 0 aliphatic carbocycles. The first-order valence-corrected chi connectivity index (χ1v) is 8.33. The maximum absolute atomic E-state index is 12.5. The van der Waals surface area contributed by atoms with E-state index in [1.807, 2.05) is 32.0 Å². The number of furan rings is 1. The minimum absolute atomic E-state index is 0.134. The van der Waals surface area contributed by atoms with Crippen molar-refractivity contribution in [3.63, 3.8) is 0 Å². The predicted molar refractivity (Wildman–Crippen MR) is 94.3 cm³/mol. The van der Waals surface area contributed by atoms with Gasteiger partial charge in [-0.15, -0.1) is 0 Å². The molecule has 0 saturated carbocycles. The average molecular weight is 343 g/mol. The quantitative estimate of drug-likeness (QED) is 0.711. The molecule has 132 valence electrons. The van der Waals surface area contributed by atoms with Crippen molar-refractivity contribution >= 4 is 28.0 Å². The van der Waals surface area contributed by atoms with Gasteiger partial charge in [0.05, 0.1) is 11.9 Å². The Kier molecular flexibility index (Phi) is 4.59. The van der Waals surface area contributed by atoms with Crippen molar-refractivity contribution < 1.29 is 14.3 Å². The minimum atomic E-state index is -0.929. The van der Waals surface area contributed by atoms with Gasteiger partial charge in [-0.05, 0) is 25.0 Å². The topological polar surface area (TPSA) is 97.4 Å². The highest BCUT2D eigenvalue weighted by molar-refractivity contribution is 6.01. The maximum Gasteiger partial charge on any atom is 0.297 e. The summed E-state index contributed by atoms with van der Waals surface area (Å²) < 4.78 is 6.79. The summed E-state index contributed by atoms with van der Waals surface area (Å²) >= 11 is 0. The number of aromatic nitrogens is 2. The van der Waals surface area contributed by atoms with Gasteiger partial charge < -0.3 is 14.8 Å². The molecule has 25 heavy (non-hydrogen) atoms. The van der Waals surface area contributed by atoms with Crippen LogP contribution in [0.3, 0.4) is 0 Å². The Morgan fingerprint density at radius 1 is 1.32 bits per heavy atom. The molecule has 2 N–H and O–H groups in total. The molecular formula is C18H21N3O4. The van der Waals surface area contributed by atoms with Crippen molar-refractivity contribution in [2.75, 3.05) is 6.54 Å². The van der Waals surface area contributed by atoms with Gasteiger partial charge in [-0.2, -0.15) is 0 Å². The van der Waals surface area contributed by atoms with Gasteiger partial charge in [0, 0.05) is 11.9 Å². The lowest BCUT2D eigenvalue weighted by molar-refractivity contribution is -0.123. The largest absolute Gasteiger partial charge is 0.448 e. The smallest absolute Gasteiger partial charge is 0.297 e. The first-order valence-electron chi connectivity index (χ1n) is 8.33. The van der Waals surface area contributed by atoms with Gasteiger partial charge in [0.15, 0.2) is 0 Å². The molecule has 1 aromatic carbocycles. The lowest BCUT2D eigenvalue weighted by Gasteiger charge is -2.25. The molecule has 0 unspecified atom stereocenters. The average Bonchev–Trinajstić information content (AvgIpc) is 3.01. The van der Waals surface area contributed by atoms with E-state index in [1.54, 1.807) is 6.07 Å². The standard InChI is InChI=1S/C18H21N3O4/c1-3-18(24,4-2)10-19-14(22)9-21-11-20-15-12-7-5-6-8-13(12)25-16(15)17(21)23/h5-8,11,24H,3-4,9-10H2,1-2H3,(H,19,22). The fourth-order valence-corrected chi connectivity index (χ4v) is 2.70. The molecule has 3 aromatic rings. The summed E-state index contributed by atoms with van der Waals surface area (Å²) in [5, 5.41) is 13.6. The van der Waals surface area contributed by atoms with Crippen LogP contribution in [0.15, 0.2) is 39.8 Å². The lowest BCUT2D eigenvalue weighted by atomic mass is 9.98. The fourth-order valence-electron chi connectivity index (χ4n) is 2.70. The van der Waals surface area contributed by atoms with Crippen LogP contribution in [0.2, 0.25) is 0 Å². The maximum atomic E-state index is 12.5. The number of para-hydroxylation sites is 1. The molecule has 2 heterocycles. The Bertz CT molecular complexity index is 969. The summed E-state index contributed by atoms with van der Waals surface area (Å²) in [5.41, 5.74) is -0.127. The molecule has 3 rings (SSSR count). The van der Waals surface area contributed by atoms with E-state index in [2.05, 4.69) is 10.3 Å². The van der Waals surface area contributed by atoms with Crippen LogP contribution >= 0.6 is 0 Å². The van der Waals surface area contributed by atoms with E-state index in [9.17, 15) is 14.7 Å². The van der Waals surface area contributed by atoms with Gasteiger partial charge in [-0.25, -0.2) is 4.98 Å². The number of hydrogen-bond donors (Lipinski definition) is 2. The van der Waals surface area contributed by atoms with E-state index in [4.69, 9.17) is 4.42 Å². The van der Waals surface area contributed by atoms with Crippen LogP contribution in [0.4, 0.5) is 0 Å². The number of fused-ring (bicyclic) bond motifs is 3. The van der Waals surface area contributed by atoms with Gasteiger partial charge in [0.25, 0.3) is 5.56 Å². The second-order valence-corrected chi connectivity index (χ2v) is 6.16. The van der Waals surface area contributed by atoms with Crippen LogP contribution in [0.1, 0.15) is 26.7 Å². The molecule has 7 heteroatoms. The van der Waals surface area contributed by atoms with Crippen LogP contribution in [-0.2, 0) is 11.3 Å². The summed E-state index contributed by atoms with van der Waals surface area (Å²) in [7, 11) is 0. The second-order valence-electron chi connectivity index (χ2n) is 6.16. The minimum Gasteiger partial charge on any atom is -0.448 e. The molecule has 0 aliphatic heterocycles. The molecule has 0 saturated heterocycles. The summed E-state index contributed by atoms with van der Waals surface area (Å²) in [4.78, 5) is 28.9. The van der Waals surface area contributed by atoms with Crippen LogP contribution in [0.5, 0.6) is 0 Å².